The highest BCUT2D eigenvalue weighted by atomic mass is 79.9. The third-order valence-electron chi connectivity index (χ3n) is 3.77. The summed E-state index contributed by atoms with van der Waals surface area (Å²) < 4.78 is 20.8. The number of amidine groups is 1. The van der Waals surface area contributed by atoms with Crippen LogP contribution in [-0.4, -0.2) is 26.0 Å². The molecule has 1 aliphatic rings. The van der Waals surface area contributed by atoms with E-state index in [4.69, 9.17) is 4.74 Å². The Morgan fingerprint density at radius 3 is 2.96 bits per heavy atom. The molecule has 0 radical (unpaired) electrons. The number of thioether (sulfide) groups is 1. The molecule has 1 N–H and O–H groups in total. The largest absolute Gasteiger partial charge is 0.496 e. The van der Waals surface area contributed by atoms with Crippen molar-refractivity contribution in [2.45, 2.75) is 17.1 Å². The van der Waals surface area contributed by atoms with Crippen LogP contribution in [0.4, 0.5) is 4.39 Å². The summed E-state index contributed by atoms with van der Waals surface area (Å²) >= 11 is 5.02. The van der Waals surface area contributed by atoms with Gasteiger partial charge < -0.3 is 10.1 Å². The van der Waals surface area contributed by atoms with Crippen LogP contribution in [0.25, 0.3) is 0 Å². The standard InChI is InChI=1S/C18H18BrFN2OS/c1-23-16-7-6-12(19)10-17(16)24-11-14-13(4-2-5-15(14)20)18-21-8-3-9-22-18/h2,4-7,10H,3,8-9,11H2,1H3,(H,21,22). The molecule has 3 nitrogen and oxygen atoms in total. The predicted octanol–water partition coefficient (Wildman–Crippen LogP) is 4.63. The van der Waals surface area contributed by atoms with E-state index in [0.717, 1.165) is 46.0 Å². The van der Waals surface area contributed by atoms with E-state index >= 15 is 0 Å². The molecule has 24 heavy (non-hydrogen) atoms. The fourth-order valence-corrected chi connectivity index (χ4v) is 4.16. The second-order valence-corrected chi connectivity index (χ2v) is 7.29. The highest BCUT2D eigenvalue weighted by Crippen LogP contribution is 2.35. The van der Waals surface area contributed by atoms with Crippen LogP contribution in [0.3, 0.4) is 0 Å². The van der Waals surface area contributed by atoms with Crippen LogP contribution in [0.15, 0.2) is 50.8 Å². The molecular weight excluding hydrogens is 391 g/mol. The molecule has 3 rings (SSSR count). The minimum absolute atomic E-state index is 0.205. The van der Waals surface area contributed by atoms with Crippen molar-refractivity contribution < 1.29 is 9.13 Å². The van der Waals surface area contributed by atoms with Crippen molar-refractivity contribution in [1.29, 1.82) is 0 Å². The first kappa shape index (κ1) is 17.3. The van der Waals surface area contributed by atoms with Crippen molar-refractivity contribution in [2.24, 2.45) is 4.99 Å². The van der Waals surface area contributed by atoms with E-state index in [0.29, 0.717) is 11.3 Å². The minimum atomic E-state index is -0.205. The average molecular weight is 409 g/mol. The maximum atomic E-state index is 14.4. The maximum Gasteiger partial charge on any atom is 0.132 e. The zero-order chi connectivity index (χ0) is 16.9. The predicted molar refractivity (Wildman–Crippen MR) is 101 cm³/mol. The molecule has 0 unspecified atom stereocenters. The van der Waals surface area contributed by atoms with Crippen LogP contribution in [0.5, 0.6) is 5.75 Å². The lowest BCUT2D eigenvalue weighted by Gasteiger charge is -2.18. The average Bonchev–Trinajstić information content (AvgIpc) is 2.61. The monoisotopic (exact) mass is 408 g/mol. The fraction of sp³-hybridized carbons (Fsp3) is 0.278. The van der Waals surface area contributed by atoms with Gasteiger partial charge in [0, 0.05) is 34.4 Å². The SMILES string of the molecule is COc1ccc(Br)cc1SCc1c(F)cccc1C1=NCCCN1. The number of nitrogens with one attached hydrogen (secondary N) is 1. The molecule has 0 spiro atoms. The summed E-state index contributed by atoms with van der Waals surface area (Å²) in [5, 5.41) is 3.27. The van der Waals surface area contributed by atoms with Crippen molar-refractivity contribution in [3.63, 3.8) is 0 Å². The van der Waals surface area contributed by atoms with E-state index in [9.17, 15) is 4.39 Å². The van der Waals surface area contributed by atoms with Gasteiger partial charge in [-0.15, -0.1) is 11.8 Å². The number of halogens is 2. The summed E-state index contributed by atoms with van der Waals surface area (Å²) in [5.74, 6) is 1.88. The Kier molecular flexibility index (Phi) is 5.79. The number of nitrogens with zero attached hydrogens (tertiary/aromatic N) is 1. The van der Waals surface area contributed by atoms with Gasteiger partial charge in [-0.3, -0.25) is 4.99 Å². The van der Waals surface area contributed by atoms with Crippen LogP contribution in [0.1, 0.15) is 17.5 Å². The molecule has 2 aromatic carbocycles. The molecule has 1 heterocycles. The summed E-state index contributed by atoms with van der Waals surface area (Å²) in [6.07, 6.45) is 1.01. The van der Waals surface area contributed by atoms with E-state index in [2.05, 4.69) is 26.2 Å². The van der Waals surface area contributed by atoms with Crippen LogP contribution in [0, 0.1) is 5.82 Å². The summed E-state index contributed by atoms with van der Waals surface area (Å²) in [4.78, 5) is 5.47. The summed E-state index contributed by atoms with van der Waals surface area (Å²) in [6.45, 7) is 1.66. The summed E-state index contributed by atoms with van der Waals surface area (Å²) in [7, 11) is 1.64. The lowest BCUT2D eigenvalue weighted by molar-refractivity contribution is 0.404. The molecule has 6 heteroatoms. The number of hydrogen-bond acceptors (Lipinski definition) is 4. The molecule has 0 saturated heterocycles. The van der Waals surface area contributed by atoms with Gasteiger partial charge in [0.2, 0.25) is 0 Å². The van der Waals surface area contributed by atoms with Crippen LogP contribution < -0.4 is 10.1 Å². The molecule has 0 saturated carbocycles. The number of rotatable bonds is 5. The maximum absolute atomic E-state index is 14.4. The third-order valence-corrected chi connectivity index (χ3v) is 5.33. The lowest BCUT2D eigenvalue weighted by Crippen LogP contribution is -2.31. The minimum Gasteiger partial charge on any atom is -0.496 e. The molecule has 1 aliphatic heterocycles. The van der Waals surface area contributed by atoms with Gasteiger partial charge in [0.1, 0.15) is 17.4 Å². The molecule has 0 fully saturated rings. The third kappa shape index (κ3) is 3.92. The second-order valence-electron chi connectivity index (χ2n) is 5.36. The first-order valence-electron chi connectivity index (χ1n) is 7.71. The van der Waals surface area contributed by atoms with Gasteiger partial charge in [-0.2, -0.15) is 0 Å². The van der Waals surface area contributed by atoms with E-state index < -0.39 is 0 Å². The fourth-order valence-electron chi connectivity index (χ4n) is 2.55. The highest BCUT2D eigenvalue weighted by Gasteiger charge is 2.16. The van der Waals surface area contributed by atoms with Gasteiger partial charge >= 0.3 is 0 Å². The van der Waals surface area contributed by atoms with E-state index in [1.165, 1.54) is 6.07 Å². The van der Waals surface area contributed by atoms with Crippen molar-refractivity contribution in [2.75, 3.05) is 20.2 Å². The Morgan fingerprint density at radius 2 is 2.21 bits per heavy atom. The van der Waals surface area contributed by atoms with E-state index in [1.54, 1.807) is 24.9 Å². The van der Waals surface area contributed by atoms with Crippen molar-refractivity contribution in [3.05, 3.63) is 57.8 Å². The van der Waals surface area contributed by atoms with Gasteiger partial charge in [0.05, 0.1) is 12.0 Å². The Bertz CT molecular complexity index is 767. The highest BCUT2D eigenvalue weighted by molar-refractivity contribution is 9.10. The first-order valence-corrected chi connectivity index (χ1v) is 9.49. The lowest BCUT2D eigenvalue weighted by atomic mass is 10.1. The quantitative estimate of drug-likeness (QED) is 0.732. The zero-order valence-corrected chi connectivity index (χ0v) is 15.7. The number of ether oxygens (including phenoxy) is 1. The first-order chi connectivity index (χ1) is 11.7. The zero-order valence-electron chi connectivity index (χ0n) is 13.3. The topological polar surface area (TPSA) is 33.6 Å². The molecule has 0 bridgehead atoms. The number of methoxy groups -OCH3 is 1. The molecular formula is C18H18BrFN2OS. The Hall–Kier alpha value is -1.53. The molecule has 0 aliphatic carbocycles. The number of aliphatic imine (C=N–C) groups is 1. The molecule has 126 valence electrons. The van der Waals surface area contributed by atoms with Crippen LogP contribution in [-0.2, 0) is 5.75 Å². The van der Waals surface area contributed by atoms with E-state index in [-0.39, 0.29) is 5.82 Å². The van der Waals surface area contributed by atoms with E-state index in [1.807, 2.05) is 24.3 Å². The number of benzene rings is 2. The Balaban J connectivity index is 1.88. The summed E-state index contributed by atoms with van der Waals surface area (Å²) in [6, 6.07) is 11.0. The van der Waals surface area contributed by atoms with Crippen molar-refractivity contribution in [1.82, 2.24) is 5.32 Å². The smallest absolute Gasteiger partial charge is 0.132 e. The van der Waals surface area contributed by atoms with Crippen molar-refractivity contribution >= 4 is 33.5 Å². The molecule has 2 aromatic rings. The van der Waals surface area contributed by atoms with Crippen LogP contribution in [0.2, 0.25) is 0 Å². The van der Waals surface area contributed by atoms with Crippen LogP contribution >= 0.6 is 27.7 Å². The van der Waals surface area contributed by atoms with Gasteiger partial charge in [-0.1, -0.05) is 28.1 Å². The van der Waals surface area contributed by atoms with Gasteiger partial charge in [-0.25, -0.2) is 4.39 Å². The molecule has 0 aromatic heterocycles. The Labute approximate surface area is 153 Å². The van der Waals surface area contributed by atoms with Gasteiger partial charge in [0.25, 0.3) is 0 Å². The van der Waals surface area contributed by atoms with Gasteiger partial charge in [0.15, 0.2) is 0 Å². The number of hydrogen-bond donors (Lipinski definition) is 1. The van der Waals surface area contributed by atoms with Gasteiger partial charge in [-0.05, 0) is 30.7 Å². The normalized spacial score (nSPS) is 14.0. The van der Waals surface area contributed by atoms with Crippen molar-refractivity contribution in [3.8, 4) is 5.75 Å². The summed E-state index contributed by atoms with van der Waals surface area (Å²) in [5.41, 5.74) is 1.51. The second kappa shape index (κ2) is 8.03. The molecule has 0 atom stereocenters. The Morgan fingerprint density at radius 1 is 1.33 bits per heavy atom. The molecule has 0 amide bonds.